The zero-order valence-corrected chi connectivity index (χ0v) is 23.8. The lowest BCUT2D eigenvalue weighted by molar-refractivity contribution is -0.136. The van der Waals surface area contributed by atoms with Crippen LogP contribution in [0.15, 0.2) is 81.7 Å². The average Bonchev–Trinajstić information content (AvgIpc) is 3.74. The lowest BCUT2D eigenvalue weighted by atomic mass is 9.77. The van der Waals surface area contributed by atoms with E-state index in [1.165, 1.54) is 5.01 Å². The molecular formula is C32H23F5N6O3. The molecular weight excluding hydrogens is 611 g/mol. The minimum absolute atomic E-state index is 0.126. The van der Waals surface area contributed by atoms with Crippen LogP contribution in [0.1, 0.15) is 36.4 Å². The number of carbonyl (C=O) groups is 3. The number of hydrazone groups is 1. The van der Waals surface area contributed by atoms with Crippen molar-refractivity contribution in [1.29, 1.82) is 0 Å². The number of amides is 3. The average molecular weight is 635 g/mol. The summed E-state index contributed by atoms with van der Waals surface area (Å²) in [6, 6.07) is 15.2. The molecule has 1 aliphatic carbocycles. The van der Waals surface area contributed by atoms with Gasteiger partial charge in [-0.05, 0) is 42.0 Å². The number of halogens is 5. The van der Waals surface area contributed by atoms with E-state index in [0.717, 1.165) is 46.7 Å². The van der Waals surface area contributed by atoms with E-state index in [4.69, 9.17) is 5.10 Å². The van der Waals surface area contributed by atoms with Crippen LogP contribution in [-0.4, -0.2) is 52.1 Å². The largest absolute Gasteiger partial charge is 0.271 e. The van der Waals surface area contributed by atoms with Crippen molar-refractivity contribution >= 4 is 35.2 Å². The minimum Gasteiger partial charge on any atom is -0.271 e. The Balaban J connectivity index is 1.20. The Kier molecular flexibility index (Phi) is 7.21. The monoisotopic (exact) mass is 634 g/mol. The predicted molar refractivity (Wildman–Crippen MR) is 153 cm³/mol. The molecule has 0 bridgehead atoms. The number of hydrogen-bond donors (Lipinski definition) is 0. The first kappa shape index (κ1) is 29.4. The summed E-state index contributed by atoms with van der Waals surface area (Å²) < 4.78 is 70.7. The van der Waals surface area contributed by atoms with E-state index < -0.39 is 77.2 Å². The molecule has 2 fully saturated rings. The molecule has 9 nitrogen and oxygen atoms in total. The standard InChI is InChI=1S/C32H23F5N6O3/c33-21-22(34)24(36)29(25(37)23(21)35)42-31(45)27-30(32(42)46)41(40-38-27)15-20(44)43-28(17-10-5-2-6-11-17)19-13-7-12-18(26(19)39-43)14-16-8-3-1-4-9-16/h1-6,8-11,14,19,27-28,30H,7,12-13,15H2/b18-14+/t19-,27-,28+,30+/m0/s1. The smallest absolute Gasteiger partial charge is 0.264 e. The van der Waals surface area contributed by atoms with Crippen LogP contribution in [0, 0.1) is 35.0 Å². The van der Waals surface area contributed by atoms with Gasteiger partial charge in [0.1, 0.15) is 12.2 Å². The number of carbonyl (C=O) groups excluding carboxylic acids is 3. The molecule has 1 saturated carbocycles. The van der Waals surface area contributed by atoms with Crippen molar-refractivity contribution in [2.75, 3.05) is 11.4 Å². The SMILES string of the molecule is O=C1[C@H]2N=NN(CC(=O)N3N=C4/C(=C/c5ccccc5)CCC[C@@H]4[C@H]3c3ccccc3)[C@H]2C(=O)N1c1c(F)c(F)c(F)c(F)c1F. The second kappa shape index (κ2) is 11.3. The number of benzene rings is 3. The number of nitrogens with zero attached hydrogens (tertiary/aromatic N) is 6. The van der Waals surface area contributed by atoms with Gasteiger partial charge in [-0.15, -0.1) is 0 Å². The first-order valence-electron chi connectivity index (χ1n) is 14.5. The maximum absolute atomic E-state index is 14.6. The van der Waals surface area contributed by atoms with E-state index in [1.807, 2.05) is 66.7 Å². The van der Waals surface area contributed by atoms with E-state index in [1.54, 1.807) is 0 Å². The summed E-state index contributed by atoms with van der Waals surface area (Å²) in [6.07, 6.45) is 4.41. The normalized spacial score (nSPS) is 24.6. The topological polar surface area (TPSA) is 98.0 Å². The Morgan fingerprint density at radius 1 is 0.826 bits per heavy atom. The summed E-state index contributed by atoms with van der Waals surface area (Å²) in [5, 5.41) is 14.5. The van der Waals surface area contributed by atoms with Gasteiger partial charge in [-0.2, -0.15) is 10.2 Å². The minimum atomic E-state index is -2.44. The number of imide groups is 1. The van der Waals surface area contributed by atoms with Crippen LogP contribution in [0.2, 0.25) is 0 Å². The van der Waals surface area contributed by atoms with Gasteiger partial charge in [0.05, 0.1) is 11.8 Å². The summed E-state index contributed by atoms with van der Waals surface area (Å²) in [7, 11) is 0. The van der Waals surface area contributed by atoms with Crippen molar-refractivity contribution in [1.82, 2.24) is 10.0 Å². The molecule has 7 rings (SSSR count). The van der Waals surface area contributed by atoms with E-state index >= 15 is 0 Å². The lowest BCUT2D eigenvalue weighted by Gasteiger charge is -2.30. The van der Waals surface area contributed by atoms with Crippen molar-refractivity contribution in [3.63, 3.8) is 0 Å². The highest BCUT2D eigenvalue weighted by atomic mass is 19.2. The summed E-state index contributed by atoms with van der Waals surface area (Å²) in [4.78, 5) is 40.2. The highest BCUT2D eigenvalue weighted by molar-refractivity contribution is 6.25. The van der Waals surface area contributed by atoms with Gasteiger partial charge >= 0.3 is 0 Å². The molecule has 0 N–H and O–H groups in total. The van der Waals surface area contributed by atoms with Crippen LogP contribution in [0.4, 0.5) is 27.6 Å². The molecule has 0 spiro atoms. The third-order valence-electron chi connectivity index (χ3n) is 8.60. The van der Waals surface area contributed by atoms with Crippen molar-refractivity contribution in [3.05, 3.63) is 106 Å². The number of allylic oxidation sites excluding steroid dienone is 1. The van der Waals surface area contributed by atoms with Gasteiger partial charge in [0.25, 0.3) is 17.7 Å². The molecule has 3 heterocycles. The van der Waals surface area contributed by atoms with E-state index in [2.05, 4.69) is 10.3 Å². The van der Waals surface area contributed by atoms with Gasteiger partial charge in [-0.1, -0.05) is 65.9 Å². The maximum Gasteiger partial charge on any atom is 0.264 e. The van der Waals surface area contributed by atoms with Gasteiger partial charge in [-0.25, -0.2) is 31.9 Å². The number of rotatable bonds is 5. The summed E-state index contributed by atoms with van der Waals surface area (Å²) in [5.41, 5.74) is 1.83. The predicted octanol–water partition coefficient (Wildman–Crippen LogP) is 5.50. The Morgan fingerprint density at radius 2 is 1.46 bits per heavy atom. The van der Waals surface area contributed by atoms with E-state index in [-0.39, 0.29) is 10.8 Å². The second-order valence-electron chi connectivity index (χ2n) is 11.3. The molecule has 46 heavy (non-hydrogen) atoms. The number of fused-ring (bicyclic) bond motifs is 2. The van der Waals surface area contributed by atoms with Crippen LogP contribution in [0.3, 0.4) is 0 Å². The molecule has 4 atom stereocenters. The van der Waals surface area contributed by atoms with Crippen LogP contribution < -0.4 is 4.90 Å². The molecule has 3 aromatic rings. The van der Waals surface area contributed by atoms with Crippen molar-refractivity contribution in [2.45, 2.75) is 37.4 Å². The zero-order chi connectivity index (χ0) is 32.3. The third-order valence-corrected chi connectivity index (χ3v) is 8.60. The van der Waals surface area contributed by atoms with E-state index in [9.17, 15) is 36.3 Å². The first-order valence-corrected chi connectivity index (χ1v) is 14.5. The Morgan fingerprint density at radius 3 is 2.13 bits per heavy atom. The highest BCUT2D eigenvalue weighted by Crippen LogP contribution is 2.45. The Hall–Kier alpha value is -5.27. The molecule has 1 saturated heterocycles. The van der Waals surface area contributed by atoms with Gasteiger partial charge in [0, 0.05) is 5.92 Å². The lowest BCUT2D eigenvalue weighted by Crippen LogP contribution is -2.45. The van der Waals surface area contributed by atoms with E-state index in [0.29, 0.717) is 0 Å². The van der Waals surface area contributed by atoms with Crippen molar-refractivity contribution in [3.8, 4) is 0 Å². The fourth-order valence-corrected chi connectivity index (χ4v) is 6.52. The molecule has 3 aliphatic heterocycles. The van der Waals surface area contributed by atoms with Crippen LogP contribution in [0.5, 0.6) is 0 Å². The molecule has 234 valence electrons. The summed E-state index contributed by atoms with van der Waals surface area (Å²) in [5.74, 6) is -15.2. The number of hydrogen-bond acceptors (Lipinski definition) is 7. The number of anilines is 1. The van der Waals surface area contributed by atoms with Crippen LogP contribution >= 0.6 is 0 Å². The van der Waals surface area contributed by atoms with Gasteiger partial charge in [-0.3, -0.25) is 19.4 Å². The highest BCUT2D eigenvalue weighted by Gasteiger charge is 2.57. The second-order valence-corrected chi connectivity index (χ2v) is 11.3. The van der Waals surface area contributed by atoms with Crippen molar-refractivity contribution in [2.24, 2.45) is 21.4 Å². The molecule has 3 amide bonds. The molecule has 4 aliphatic rings. The maximum atomic E-state index is 14.6. The van der Waals surface area contributed by atoms with Gasteiger partial charge < -0.3 is 0 Å². The molecule has 0 radical (unpaired) electrons. The third kappa shape index (κ3) is 4.58. The van der Waals surface area contributed by atoms with Crippen molar-refractivity contribution < 1.29 is 36.3 Å². The van der Waals surface area contributed by atoms with Crippen LogP contribution in [-0.2, 0) is 14.4 Å². The molecule has 3 aromatic carbocycles. The summed E-state index contributed by atoms with van der Waals surface area (Å²) >= 11 is 0. The molecule has 0 unspecified atom stereocenters. The van der Waals surface area contributed by atoms with Gasteiger partial charge in [0.2, 0.25) is 5.82 Å². The summed E-state index contributed by atoms with van der Waals surface area (Å²) in [6.45, 7) is -0.612. The van der Waals surface area contributed by atoms with Gasteiger partial charge in [0.15, 0.2) is 35.4 Å². The zero-order valence-electron chi connectivity index (χ0n) is 23.8. The first-order chi connectivity index (χ1) is 22.2. The molecule has 0 aromatic heterocycles. The Labute approximate surface area is 258 Å². The fourth-order valence-electron chi connectivity index (χ4n) is 6.52. The van der Waals surface area contributed by atoms with Crippen LogP contribution in [0.25, 0.3) is 6.08 Å². The Bertz CT molecular complexity index is 1840. The quantitative estimate of drug-likeness (QED) is 0.160. The fraction of sp³-hybridized carbons (Fsp3) is 0.250. The molecule has 14 heteroatoms.